The van der Waals surface area contributed by atoms with E-state index in [0.29, 0.717) is 5.56 Å². The van der Waals surface area contributed by atoms with Crippen LogP contribution in [0.25, 0.3) is 11.3 Å². The average Bonchev–Trinajstić information content (AvgIpc) is 2.32. The van der Waals surface area contributed by atoms with Gasteiger partial charge in [-0.2, -0.15) is 4.98 Å². The minimum Gasteiger partial charge on any atom is -0.346 e. The van der Waals surface area contributed by atoms with Gasteiger partial charge in [0.25, 0.3) is 0 Å². The molecule has 6 nitrogen and oxygen atoms in total. The number of hydrogen-bond donors (Lipinski definition) is 1. The summed E-state index contributed by atoms with van der Waals surface area (Å²) in [4.78, 5) is 18.2. The number of rotatable bonds is 2. The van der Waals surface area contributed by atoms with Crippen LogP contribution in [0.1, 0.15) is 0 Å². The maximum atomic E-state index is 12.8. The van der Waals surface area contributed by atoms with Crippen LogP contribution in [0.3, 0.4) is 0 Å². The molecule has 2 aromatic rings. The Labute approximate surface area is 102 Å². The van der Waals surface area contributed by atoms with Gasteiger partial charge < -0.3 is 10.7 Å². The standard InChI is InChI=1S/C11H12FN5O/c1-16(2)11-14-10(18)9(15-17(11)13)7-3-5-8(12)6-4-7/h3-6H,13H2,1-2H3. The van der Waals surface area contributed by atoms with Gasteiger partial charge in [-0.1, -0.05) is 0 Å². The monoisotopic (exact) mass is 249 g/mol. The number of aromatic nitrogens is 3. The summed E-state index contributed by atoms with van der Waals surface area (Å²) in [5.74, 6) is 5.50. The lowest BCUT2D eigenvalue weighted by Gasteiger charge is -2.14. The molecule has 0 saturated carbocycles. The van der Waals surface area contributed by atoms with Crippen LogP contribution >= 0.6 is 0 Å². The Morgan fingerprint density at radius 2 is 1.89 bits per heavy atom. The molecule has 1 heterocycles. The largest absolute Gasteiger partial charge is 0.346 e. The van der Waals surface area contributed by atoms with E-state index in [1.165, 1.54) is 24.3 Å². The van der Waals surface area contributed by atoms with Crippen LogP contribution in [0.2, 0.25) is 0 Å². The van der Waals surface area contributed by atoms with Crippen LogP contribution in [0.4, 0.5) is 10.3 Å². The van der Waals surface area contributed by atoms with Gasteiger partial charge in [0, 0.05) is 19.7 Å². The summed E-state index contributed by atoms with van der Waals surface area (Å²) in [5, 5.41) is 3.95. The molecular formula is C11H12FN5O. The van der Waals surface area contributed by atoms with E-state index < -0.39 is 5.56 Å². The van der Waals surface area contributed by atoms with Gasteiger partial charge in [-0.3, -0.25) is 4.79 Å². The topological polar surface area (TPSA) is 77.0 Å². The molecule has 0 amide bonds. The Morgan fingerprint density at radius 3 is 2.44 bits per heavy atom. The van der Waals surface area contributed by atoms with E-state index in [2.05, 4.69) is 10.1 Å². The molecule has 0 unspecified atom stereocenters. The lowest BCUT2D eigenvalue weighted by atomic mass is 10.2. The van der Waals surface area contributed by atoms with Crippen LogP contribution in [0.15, 0.2) is 29.1 Å². The van der Waals surface area contributed by atoms with Crippen molar-refractivity contribution in [2.24, 2.45) is 0 Å². The second kappa shape index (κ2) is 4.44. The third-order valence-corrected chi connectivity index (χ3v) is 2.33. The summed E-state index contributed by atoms with van der Waals surface area (Å²) in [5.41, 5.74) is 0.0496. The quantitative estimate of drug-likeness (QED) is 0.771. The van der Waals surface area contributed by atoms with Gasteiger partial charge in [-0.15, -0.1) is 9.89 Å². The first-order chi connectivity index (χ1) is 8.49. The molecule has 0 saturated heterocycles. The zero-order valence-electron chi connectivity index (χ0n) is 9.96. The van der Waals surface area contributed by atoms with E-state index in [1.807, 2.05) is 0 Å². The second-order valence-corrected chi connectivity index (χ2v) is 3.91. The van der Waals surface area contributed by atoms with E-state index in [4.69, 9.17) is 5.84 Å². The van der Waals surface area contributed by atoms with Gasteiger partial charge >= 0.3 is 5.56 Å². The third kappa shape index (κ3) is 2.15. The van der Waals surface area contributed by atoms with Gasteiger partial charge in [0.05, 0.1) is 0 Å². The number of benzene rings is 1. The van der Waals surface area contributed by atoms with Crippen LogP contribution in [-0.4, -0.2) is 29.0 Å². The van der Waals surface area contributed by atoms with Gasteiger partial charge in [0.1, 0.15) is 5.82 Å². The molecule has 7 heteroatoms. The predicted molar refractivity (Wildman–Crippen MR) is 66.2 cm³/mol. The molecule has 0 fully saturated rings. The van der Waals surface area contributed by atoms with E-state index in [-0.39, 0.29) is 17.5 Å². The molecule has 2 rings (SSSR count). The first-order valence-electron chi connectivity index (χ1n) is 5.19. The zero-order chi connectivity index (χ0) is 13.3. The Morgan fingerprint density at radius 1 is 1.28 bits per heavy atom. The van der Waals surface area contributed by atoms with E-state index in [9.17, 15) is 9.18 Å². The van der Waals surface area contributed by atoms with Crippen molar-refractivity contribution in [2.45, 2.75) is 0 Å². The normalized spacial score (nSPS) is 10.4. The molecule has 0 spiro atoms. The molecule has 94 valence electrons. The fourth-order valence-electron chi connectivity index (χ4n) is 1.48. The van der Waals surface area contributed by atoms with Crippen molar-refractivity contribution in [3.63, 3.8) is 0 Å². The summed E-state index contributed by atoms with van der Waals surface area (Å²) in [6.07, 6.45) is 0. The fraction of sp³-hybridized carbons (Fsp3) is 0.182. The highest BCUT2D eigenvalue weighted by atomic mass is 19.1. The highest BCUT2D eigenvalue weighted by Crippen LogP contribution is 2.13. The summed E-state index contributed by atoms with van der Waals surface area (Å²) in [7, 11) is 3.40. The number of hydrogen-bond acceptors (Lipinski definition) is 5. The van der Waals surface area contributed by atoms with Gasteiger partial charge in [0.15, 0.2) is 5.69 Å². The summed E-state index contributed by atoms with van der Waals surface area (Å²) in [6, 6.07) is 5.40. The Kier molecular flexibility index (Phi) is 2.97. The van der Waals surface area contributed by atoms with Crippen molar-refractivity contribution in [1.29, 1.82) is 0 Å². The average molecular weight is 249 g/mol. The molecule has 0 aliphatic rings. The molecule has 0 bridgehead atoms. The number of nitrogens with two attached hydrogens (primary N) is 1. The summed E-state index contributed by atoms with van der Waals surface area (Å²) in [6.45, 7) is 0. The summed E-state index contributed by atoms with van der Waals surface area (Å²) < 4.78 is 12.8. The van der Waals surface area contributed by atoms with Crippen molar-refractivity contribution in [3.05, 3.63) is 40.4 Å². The van der Waals surface area contributed by atoms with Crippen molar-refractivity contribution in [2.75, 3.05) is 24.8 Å². The smallest absolute Gasteiger partial charge is 0.301 e. The number of nitrogen functional groups attached to an aromatic ring is 1. The molecule has 1 aromatic carbocycles. The van der Waals surface area contributed by atoms with Crippen LogP contribution in [0, 0.1) is 5.82 Å². The Balaban J connectivity index is 2.56. The number of nitrogens with zero attached hydrogens (tertiary/aromatic N) is 4. The lowest BCUT2D eigenvalue weighted by molar-refractivity contribution is 0.628. The van der Waals surface area contributed by atoms with Gasteiger partial charge in [0.2, 0.25) is 5.95 Å². The first kappa shape index (κ1) is 12.0. The van der Waals surface area contributed by atoms with Gasteiger partial charge in [-0.25, -0.2) is 4.39 Å². The first-order valence-corrected chi connectivity index (χ1v) is 5.19. The SMILES string of the molecule is CN(C)c1nc(=O)c(-c2ccc(F)cc2)nn1N. The lowest BCUT2D eigenvalue weighted by Crippen LogP contribution is -2.30. The highest BCUT2D eigenvalue weighted by molar-refractivity contribution is 5.57. The van der Waals surface area contributed by atoms with E-state index in [1.54, 1.807) is 19.0 Å². The fourth-order valence-corrected chi connectivity index (χ4v) is 1.48. The predicted octanol–water partition coefficient (Wildman–Crippen LogP) is 0.224. The van der Waals surface area contributed by atoms with Gasteiger partial charge in [-0.05, 0) is 24.3 Å². The maximum Gasteiger partial charge on any atom is 0.301 e. The zero-order valence-corrected chi connectivity index (χ0v) is 9.96. The molecule has 0 radical (unpaired) electrons. The van der Waals surface area contributed by atoms with Crippen LogP contribution in [-0.2, 0) is 0 Å². The molecule has 0 aliphatic heterocycles. The number of halogens is 1. The van der Waals surface area contributed by atoms with Crippen molar-refractivity contribution in [1.82, 2.24) is 14.9 Å². The highest BCUT2D eigenvalue weighted by Gasteiger charge is 2.11. The Bertz CT molecular complexity index is 620. The third-order valence-electron chi connectivity index (χ3n) is 2.33. The van der Waals surface area contributed by atoms with Crippen molar-refractivity contribution < 1.29 is 4.39 Å². The Hall–Kier alpha value is -2.44. The summed E-state index contributed by atoms with van der Waals surface area (Å²) >= 11 is 0. The van der Waals surface area contributed by atoms with Crippen LogP contribution in [0.5, 0.6) is 0 Å². The molecule has 2 N–H and O–H groups in total. The maximum absolute atomic E-state index is 12.8. The van der Waals surface area contributed by atoms with E-state index in [0.717, 1.165) is 4.79 Å². The molecule has 0 atom stereocenters. The number of anilines is 1. The van der Waals surface area contributed by atoms with Crippen molar-refractivity contribution in [3.8, 4) is 11.3 Å². The minimum atomic E-state index is -0.507. The molecule has 1 aromatic heterocycles. The molecular weight excluding hydrogens is 237 g/mol. The molecule has 18 heavy (non-hydrogen) atoms. The second-order valence-electron chi connectivity index (χ2n) is 3.91. The van der Waals surface area contributed by atoms with E-state index >= 15 is 0 Å². The van der Waals surface area contributed by atoms with Crippen LogP contribution < -0.4 is 16.3 Å². The minimum absolute atomic E-state index is 0.0862. The van der Waals surface area contributed by atoms with Crippen molar-refractivity contribution >= 4 is 5.95 Å². The molecule has 0 aliphatic carbocycles.